The third-order valence-electron chi connectivity index (χ3n) is 3.20. The van der Waals surface area contributed by atoms with E-state index in [-0.39, 0.29) is 6.04 Å². The number of carbonyl (C=O) groups is 1. The summed E-state index contributed by atoms with van der Waals surface area (Å²) in [6, 6.07) is 8.84. The fourth-order valence-corrected chi connectivity index (χ4v) is 2.11. The Morgan fingerprint density at radius 2 is 1.90 bits per heavy atom. The standard InChI is InChI=1S/C14H19N5O2/c1-10(11-8-6-5-7-9-11)15-13(20)19-14(21)16-12(17(2)3)18(19)4/h5-10H,1-4H3,(H,15,20). The Labute approximate surface area is 122 Å². The van der Waals surface area contributed by atoms with Crippen molar-refractivity contribution in [1.82, 2.24) is 19.7 Å². The average Bonchev–Trinajstić information content (AvgIpc) is 2.75. The van der Waals surface area contributed by atoms with Crippen molar-refractivity contribution < 1.29 is 4.79 Å². The third kappa shape index (κ3) is 2.96. The van der Waals surface area contributed by atoms with Gasteiger partial charge in [-0.25, -0.2) is 14.3 Å². The number of anilines is 1. The molecule has 1 amide bonds. The minimum absolute atomic E-state index is 0.205. The predicted octanol–water partition coefficient (Wildman–Crippen LogP) is 0.967. The molecule has 1 aromatic carbocycles. The Morgan fingerprint density at radius 3 is 2.43 bits per heavy atom. The molecule has 0 spiro atoms. The number of nitrogens with zero attached hydrogens (tertiary/aromatic N) is 4. The fourth-order valence-electron chi connectivity index (χ4n) is 2.11. The molecule has 0 fully saturated rings. The third-order valence-corrected chi connectivity index (χ3v) is 3.20. The second kappa shape index (κ2) is 5.82. The molecule has 112 valence electrons. The van der Waals surface area contributed by atoms with Crippen molar-refractivity contribution in [2.75, 3.05) is 19.0 Å². The number of benzene rings is 1. The molecule has 0 saturated carbocycles. The van der Waals surface area contributed by atoms with E-state index in [0.717, 1.165) is 10.2 Å². The molecule has 1 atom stereocenters. The van der Waals surface area contributed by atoms with Gasteiger partial charge in [0.25, 0.3) is 0 Å². The zero-order chi connectivity index (χ0) is 15.6. The lowest BCUT2D eigenvalue weighted by atomic mass is 10.1. The van der Waals surface area contributed by atoms with Crippen molar-refractivity contribution in [3.05, 3.63) is 46.4 Å². The summed E-state index contributed by atoms with van der Waals surface area (Å²) in [5, 5.41) is 2.79. The van der Waals surface area contributed by atoms with Gasteiger partial charge < -0.3 is 10.2 Å². The number of hydrogen-bond acceptors (Lipinski definition) is 4. The maximum Gasteiger partial charge on any atom is 0.374 e. The van der Waals surface area contributed by atoms with Crippen molar-refractivity contribution in [2.24, 2.45) is 7.05 Å². The van der Waals surface area contributed by atoms with E-state index in [9.17, 15) is 9.59 Å². The van der Waals surface area contributed by atoms with Crippen LogP contribution in [-0.2, 0) is 7.05 Å². The van der Waals surface area contributed by atoms with E-state index in [1.54, 1.807) is 26.0 Å². The van der Waals surface area contributed by atoms with Gasteiger partial charge in [-0.3, -0.25) is 0 Å². The molecule has 0 radical (unpaired) electrons. The average molecular weight is 289 g/mol. The van der Waals surface area contributed by atoms with E-state index >= 15 is 0 Å². The second-order valence-corrected chi connectivity index (χ2v) is 5.01. The summed E-state index contributed by atoms with van der Waals surface area (Å²) in [4.78, 5) is 29.7. The van der Waals surface area contributed by atoms with E-state index in [0.29, 0.717) is 5.95 Å². The van der Waals surface area contributed by atoms with Crippen molar-refractivity contribution in [3.8, 4) is 0 Å². The van der Waals surface area contributed by atoms with Crippen LogP contribution in [0.1, 0.15) is 18.5 Å². The second-order valence-electron chi connectivity index (χ2n) is 5.01. The van der Waals surface area contributed by atoms with Gasteiger partial charge >= 0.3 is 11.7 Å². The molecule has 21 heavy (non-hydrogen) atoms. The normalized spacial score (nSPS) is 12.0. The van der Waals surface area contributed by atoms with Gasteiger partial charge in [0.15, 0.2) is 0 Å². The number of hydrogen-bond donors (Lipinski definition) is 1. The van der Waals surface area contributed by atoms with E-state index in [1.165, 1.54) is 4.68 Å². The van der Waals surface area contributed by atoms with Crippen molar-refractivity contribution >= 4 is 12.0 Å². The zero-order valence-electron chi connectivity index (χ0n) is 12.6. The molecule has 1 unspecified atom stereocenters. The van der Waals surface area contributed by atoms with Crippen LogP contribution in [0.4, 0.5) is 10.7 Å². The lowest BCUT2D eigenvalue weighted by Gasteiger charge is -2.16. The molecule has 0 aliphatic heterocycles. The summed E-state index contributed by atoms with van der Waals surface area (Å²) in [7, 11) is 5.14. The first kappa shape index (κ1) is 14.8. The Bertz CT molecular complexity index is 687. The van der Waals surface area contributed by atoms with Gasteiger partial charge in [0.2, 0.25) is 5.95 Å². The lowest BCUT2D eigenvalue weighted by molar-refractivity contribution is 0.232. The van der Waals surface area contributed by atoms with Crippen molar-refractivity contribution in [3.63, 3.8) is 0 Å². The molecule has 2 aromatic rings. The first-order valence-corrected chi connectivity index (χ1v) is 6.61. The molecule has 0 saturated heterocycles. The highest BCUT2D eigenvalue weighted by Crippen LogP contribution is 2.11. The molecule has 7 heteroatoms. The summed E-state index contributed by atoms with van der Waals surface area (Å²) < 4.78 is 2.41. The molecular weight excluding hydrogens is 270 g/mol. The monoisotopic (exact) mass is 289 g/mol. The summed E-state index contributed by atoms with van der Waals surface area (Å²) in [6.45, 7) is 1.86. The van der Waals surface area contributed by atoms with Crippen LogP contribution in [0.25, 0.3) is 0 Å². The summed E-state index contributed by atoms with van der Waals surface area (Å²) in [5.41, 5.74) is 0.368. The Morgan fingerprint density at radius 1 is 1.29 bits per heavy atom. The highest BCUT2D eigenvalue weighted by Gasteiger charge is 2.19. The number of carbonyl (C=O) groups excluding carboxylic acids is 1. The van der Waals surface area contributed by atoms with Crippen LogP contribution in [-0.4, -0.2) is 34.5 Å². The van der Waals surface area contributed by atoms with Gasteiger partial charge in [-0.1, -0.05) is 30.3 Å². The molecule has 1 N–H and O–H groups in total. The topological polar surface area (TPSA) is 72.2 Å². The van der Waals surface area contributed by atoms with Crippen LogP contribution in [0, 0.1) is 0 Å². The van der Waals surface area contributed by atoms with Gasteiger partial charge in [0.05, 0.1) is 6.04 Å². The van der Waals surface area contributed by atoms with Gasteiger partial charge in [-0.2, -0.15) is 4.98 Å². The molecule has 0 aliphatic rings. The van der Waals surface area contributed by atoms with Crippen LogP contribution in [0.5, 0.6) is 0 Å². The smallest absolute Gasteiger partial charge is 0.347 e. The molecule has 7 nitrogen and oxygen atoms in total. The quantitative estimate of drug-likeness (QED) is 0.913. The largest absolute Gasteiger partial charge is 0.374 e. The lowest BCUT2D eigenvalue weighted by Crippen LogP contribution is -2.39. The first-order valence-electron chi connectivity index (χ1n) is 6.61. The number of aromatic nitrogens is 3. The SMILES string of the molecule is CC(NC(=O)n1c(=O)nc(N(C)C)n1C)c1ccccc1. The minimum atomic E-state index is -0.598. The Balaban J connectivity index is 2.24. The highest BCUT2D eigenvalue weighted by atomic mass is 16.2. The van der Waals surface area contributed by atoms with Crippen LogP contribution >= 0.6 is 0 Å². The van der Waals surface area contributed by atoms with Crippen molar-refractivity contribution in [1.29, 1.82) is 0 Å². The highest BCUT2D eigenvalue weighted by molar-refractivity contribution is 5.76. The Kier molecular flexibility index (Phi) is 4.11. The summed E-state index contributed by atoms with van der Waals surface area (Å²) in [6.07, 6.45) is 0. The molecule has 1 aromatic heterocycles. The summed E-state index contributed by atoms with van der Waals surface area (Å²) >= 11 is 0. The van der Waals surface area contributed by atoms with E-state index < -0.39 is 11.7 Å². The van der Waals surface area contributed by atoms with E-state index in [1.807, 2.05) is 37.3 Å². The number of rotatable bonds is 3. The van der Waals surface area contributed by atoms with E-state index in [4.69, 9.17) is 0 Å². The van der Waals surface area contributed by atoms with E-state index in [2.05, 4.69) is 10.3 Å². The summed E-state index contributed by atoms with van der Waals surface area (Å²) in [5.74, 6) is 0.419. The maximum absolute atomic E-state index is 12.3. The van der Waals surface area contributed by atoms with Crippen LogP contribution in [0.15, 0.2) is 35.1 Å². The van der Waals surface area contributed by atoms with Crippen LogP contribution in [0.3, 0.4) is 0 Å². The van der Waals surface area contributed by atoms with Gasteiger partial charge in [0, 0.05) is 21.1 Å². The molecule has 0 bridgehead atoms. The maximum atomic E-state index is 12.3. The van der Waals surface area contributed by atoms with Gasteiger partial charge in [0.1, 0.15) is 0 Å². The number of nitrogens with one attached hydrogen (secondary N) is 1. The van der Waals surface area contributed by atoms with Crippen LogP contribution < -0.4 is 15.9 Å². The molecule has 2 rings (SSSR count). The predicted molar refractivity (Wildman–Crippen MR) is 80.6 cm³/mol. The van der Waals surface area contributed by atoms with Crippen molar-refractivity contribution in [2.45, 2.75) is 13.0 Å². The number of amides is 1. The Hall–Kier alpha value is -2.57. The fraction of sp³-hybridized carbons (Fsp3) is 0.357. The molecule has 1 heterocycles. The molecular formula is C14H19N5O2. The van der Waals surface area contributed by atoms with Gasteiger partial charge in [-0.15, -0.1) is 4.68 Å². The van der Waals surface area contributed by atoms with Gasteiger partial charge in [-0.05, 0) is 12.5 Å². The molecule has 0 aliphatic carbocycles. The first-order chi connectivity index (χ1) is 9.91. The van der Waals surface area contributed by atoms with Crippen LogP contribution in [0.2, 0.25) is 0 Å². The zero-order valence-corrected chi connectivity index (χ0v) is 12.6. The minimum Gasteiger partial charge on any atom is -0.347 e.